The molecule has 0 aliphatic heterocycles. The first-order valence-electron chi connectivity index (χ1n) is 6.29. The van der Waals surface area contributed by atoms with Crippen LogP contribution in [0.1, 0.15) is 33.1 Å². The Hall–Kier alpha value is -2.25. The van der Waals surface area contributed by atoms with Crippen LogP contribution >= 0.6 is 0 Å². The summed E-state index contributed by atoms with van der Waals surface area (Å²) in [6.07, 6.45) is 4.22. The SMILES string of the molecule is CC(C)(CCNC(=O)Nc1nccnn1)CCC(=O)O. The number of carbonyl (C=O) groups is 2. The van der Waals surface area contributed by atoms with Crippen LogP contribution in [0.4, 0.5) is 10.7 Å². The lowest BCUT2D eigenvalue weighted by molar-refractivity contribution is -0.137. The van der Waals surface area contributed by atoms with Gasteiger partial charge in [0.25, 0.3) is 5.95 Å². The lowest BCUT2D eigenvalue weighted by Gasteiger charge is -2.23. The minimum atomic E-state index is -0.808. The van der Waals surface area contributed by atoms with E-state index >= 15 is 0 Å². The predicted octanol–water partition coefficient (Wildman–Crippen LogP) is 1.27. The van der Waals surface area contributed by atoms with Crippen LogP contribution in [0, 0.1) is 5.41 Å². The average Bonchev–Trinajstić information content (AvgIpc) is 2.37. The molecule has 0 fully saturated rings. The molecule has 0 aliphatic rings. The van der Waals surface area contributed by atoms with Crippen molar-refractivity contribution in [2.75, 3.05) is 11.9 Å². The number of hydrogen-bond acceptors (Lipinski definition) is 5. The number of carboxylic acids is 1. The van der Waals surface area contributed by atoms with Crippen molar-refractivity contribution < 1.29 is 14.7 Å². The summed E-state index contributed by atoms with van der Waals surface area (Å²) in [5, 5.41) is 21.0. The van der Waals surface area contributed by atoms with Gasteiger partial charge in [-0.1, -0.05) is 13.8 Å². The number of nitrogens with one attached hydrogen (secondary N) is 2. The summed E-state index contributed by atoms with van der Waals surface area (Å²) < 4.78 is 0. The van der Waals surface area contributed by atoms with E-state index in [0.29, 0.717) is 19.4 Å². The Labute approximate surface area is 117 Å². The van der Waals surface area contributed by atoms with Crippen LogP contribution in [0.3, 0.4) is 0 Å². The maximum atomic E-state index is 11.5. The molecule has 2 amide bonds. The van der Waals surface area contributed by atoms with E-state index in [1.54, 1.807) is 0 Å². The zero-order valence-corrected chi connectivity index (χ0v) is 11.6. The normalized spacial score (nSPS) is 10.9. The highest BCUT2D eigenvalue weighted by atomic mass is 16.4. The monoisotopic (exact) mass is 281 g/mol. The topological polar surface area (TPSA) is 117 Å². The summed E-state index contributed by atoms with van der Waals surface area (Å²) in [4.78, 5) is 25.9. The van der Waals surface area contributed by atoms with Gasteiger partial charge in [0.2, 0.25) is 0 Å². The quantitative estimate of drug-likeness (QED) is 0.693. The van der Waals surface area contributed by atoms with Gasteiger partial charge in [-0.15, -0.1) is 5.10 Å². The van der Waals surface area contributed by atoms with Crippen LogP contribution < -0.4 is 10.6 Å². The molecule has 1 rings (SSSR count). The van der Waals surface area contributed by atoms with Crippen LogP contribution in [-0.4, -0.2) is 38.8 Å². The summed E-state index contributed by atoms with van der Waals surface area (Å²) in [7, 11) is 0. The number of urea groups is 1. The molecule has 0 aromatic carbocycles. The Balaban J connectivity index is 2.26. The number of carboxylic acid groups (broad SMARTS) is 1. The molecule has 0 saturated heterocycles. The number of aliphatic carboxylic acids is 1. The van der Waals surface area contributed by atoms with Gasteiger partial charge in [-0.3, -0.25) is 10.1 Å². The average molecular weight is 281 g/mol. The number of carbonyl (C=O) groups excluding carboxylic acids is 1. The second kappa shape index (κ2) is 7.37. The third-order valence-electron chi connectivity index (χ3n) is 2.81. The molecule has 8 heteroatoms. The van der Waals surface area contributed by atoms with Crippen LogP contribution in [-0.2, 0) is 4.79 Å². The smallest absolute Gasteiger partial charge is 0.321 e. The summed E-state index contributed by atoms with van der Waals surface area (Å²) >= 11 is 0. The molecule has 0 radical (unpaired) electrons. The van der Waals surface area contributed by atoms with Crippen molar-refractivity contribution in [2.24, 2.45) is 5.41 Å². The summed E-state index contributed by atoms with van der Waals surface area (Å²) in [6, 6.07) is -0.410. The molecule has 0 bridgehead atoms. The van der Waals surface area contributed by atoms with Crippen LogP contribution in [0.25, 0.3) is 0 Å². The molecule has 0 spiro atoms. The van der Waals surface area contributed by atoms with E-state index in [-0.39, 0.29) is 17.8 Å². The zero-order chi connectivity index (χ0) is 15.0. The van der Waals surface area contributed by atoms with Crippen molar-refractivity contribution in [2.45, 2.75) is 33.1 Å². The summed E-state index contributed by atoms with van der Waals surface area (Å²) in [5.74, 6) is -0.673. The fourth-order valence-corrected chi connectivity index (χ4v) is 1.54. The molecule has 0 atom stereocenters. The first-order valence-corrected chi connectivity index (χ1v) is 6.29. The highest BCUT2D eigenvalue weighted by Gasteiger charge is 2.19. The largest absolute Gasteiger partial charge is 0.481 e. The Kier molecular flexibility index (Phi) is 5.82. The number of anilines is 1. The van der Waals surface area contributed by atoms with E-state index in [2.05, 4.69) is 25.8 Å². The van der Waals surface area contributed by atoms with Gasteiger partial charge in [0.15, 0.2) is 0 Å². The van der Waals surface area contributed by atoms with Crippen LogP contribution in [0.15, 0.2) is 12.4 Å². The van der Waals surface area contributed by atoms with E-state index in [1.165, 1.54) is 12.4 Å². The fraction of sp³-hybridized carbons (Fsp3) is 0.583. The molecule has 0 saturated carbocycles. The minimum Gasteiger partial charge on any atom is -0.481 e. The molecule has 0 unspecified atom stereocenters. The predicted molar refractivity (Wildman–Crippen MR) is 72.1 cm³/mol. The molecule has 0 aliphatic carbocycles. The minimum absolute atomic E-state index is 0.128. The van der Waals surface area contributed by atoms with Gasteiger partial charge >= 0.3 is 12.0 Å². The Morgan fingerprint density at radius 2 is 2.05 bits per heavy atom. The Bertz CT molecular complexity index is 450. The zero-order valence-electron chi connectivity index (χ0n) is 11.6. The second-order valence-corrected chi connectivity index (χ2v) is 5.16. The van der Waals surface area contributed by atoms with Gasteiger partial charge in [-0.05, 0) is 18.3 Å². The third kappa shape index (κ3) is 6.62. The van der Waals surface area contributed by atoms with Gasteiger partial charge in [-0.25, -0.2) is 9.78 Å². The van der Waals surface area contributed by atoms with E-state index in [0.717, 1.165) is 0 Å². The van der Waals surface area contributed by atoms with Crippen molar-refractivity contribution in [3.63, 3.8) is 0 Å². The molecule has 20 heavy (non-hydrogen) atoms. The molecule has 1 aromatic heterocycles. The number of nitrogens with zero attached hydrogens (tertiary/aromatic N) is 3. The lowest BCUT2D eigenvalue weighted by atomic mass is 9.84. The van der Waals surface area contributed by atoms with Crippen molar-refractivity contribution in [3.05, 3.63) is 12.4 Å². The van der Waals surface area contributed by atoms with E-state index in [9.17, 15) is 9.59 Å². The summed E-state index contributed by atoms with van der Waals surface area (Å²) in [5.41, 5.74) is -0.142. The van der Waals surface area contributed by atoms with Gasteiger partial charge in [0.1, 0.15) is 0 Å². The van der Waals surface area contributed by atoms with Gasteiger partial charge in [-0.2, -0.15) is 5.10 Å². The van der Waals surface area contributed by atoms with E-state index in [1.807, 2.05) is 13.8 Å². The van der Waals surface area contributed by atoms with Crippen molar-refractivity contribution >= 4 is 17.9 Å². The summed E-state index contributed by atoms with van der Waals surface area (Å²) in [6.45, 7) is 4.39. The molecule has 3 N–H and O–H groups in total. The maximum Gasteiger partial charge on any atom is 0.321 e. The number of hydrogen-bond donors (Lipinski definition) is 3. The standard InChI is InChI=1S/C12H19N5O3/c1-12(2,4-3-9(18)19)5-6-14-11(20)16-10-13-7-8-15-17-10/h7-8H,3-6H2,1-2H3,(H,18,19)(H2,13,14,16,17,20). The highest BCUT2D eigenvalue weighted by molar-refractivity contribution is 5.87. The van der Waals surface area contributed by atoms with E-state index < -0.39 is 12.0 Å². The first-order chi connectivity index (χ1) is 9.39. The van der Waals surface area contributed by atoms with Gasteiger partial charge in [0, 0.05) is 13.0 Å². The van der Waals surface area contributed by atoms with Crippen molar-refractivity contribution in [3.8, 4) is 0 Å². The van der Waals surface area contributed by atoms with Crippen LogP contribution in [0.2, 0.25) is 0 Å². The van der Waals surface area contributed by atoms with Crippen molar-refractivity contribution in [1.29, 1.82) is 0 Å². The molecule has 110 valence electrons. The highest BCUT2D eigenvalue weighted by Crippen LogP contribution is 2.25. The number of amides is 2. The molecule has 8 nitrogen and oxygen atoms in total. The maximum absolute atomic E-state index is 11.5. The second-order valence-electron chi connectivity index (χ2n) is 5.16. The third-order valence-corrected chi connectivity index (χ3v) is 2.81. The van der Waals surface area contributed by atoms with Crippen LogP contribution in [0.5, 0.6) is 0 Å². The lowest BCUT2D eigenvalue weighted by Crippen LogP contribution is -2.32. The fourth-order valence-electron chi connectivity index (χ4n) is 1.54. The van der Waals surface area contributed by atoms with Gasteiger partial charge < -0.3 is 10.4 Å². The van der Waals surface area contributed by atoms with Gasteiger partial charge in [0.05, 0.1) is 12.4 Å². The van der Waals surface area contributed by atoms with E-state index in [4.69, 9.17) is 5.11 Å². The molecule has 1 aromatic rings. The Morgan fingerprint density at radius 3 is 2.65 bits per heavy atom. The number of aromatic nitrogens is 3. The molecule has 1 heterocycles. The van der Waals surface area contributed by atoms with Crippen molar-refractivity contribution in [1.82, 2.24) is 20.5 Å². The Morgan fingerprint density at radius 1 is 1.30 bits per heavy atom. The molecular formula is C12H19N5O3. The molecular weight excluding hydrogens is 262 g/mol. The number of rotatable bonds is 7. The first kappa shape index (κ1) is 15.8.